The highest BCUT2D eigenvalue weighted by Crippen LogP contribution is 2.18. The Hall–Kier alpha value is -0.630. The molecule has 1 nitrogen and oxygen atoms in total. The van der Waals surface area contributed by atoms with Gasteiger partial charge in [0.2, 0.25) is 0 Å². The zero-order chi connectivity index (χ0) is 10.4. The zero-order valence-corrected chi connectivity index (χ0v) is 10.0. The van der Waals surface area contributed by atoms with E-state index in [0.29, 0.717) is 6.04 Å². The smallest absolute Gasteiger partial charge is 0.0343 e. The number of thioether (sulfide) groups is 1. The van der Waals surface area contributed by atoms with Gasteiger partial charge in [0.15, 0.2) is 0 Å². The molecule has 0 saturated carbocycles. The average molecular weight is 209 g/mol. The predicted molar refractivity (Wildman–Crippen MR) is 66.2 cm³/mol. The van der Waals surface area contributed by atoms with Crippen LogP contribution in [-0.2, 0) is 0 Å². The van der Waals surface area contributed by atoms with E-state index in [1.807, 2.05) is 0 Å². The van der Waals surface area contributed by atoms with Gasteiger partial charge < -0.3 is 5.32 Å². The largest absolute Gasteiger partial charge is 0.382 e. The van der Waals surface area contributed by atoms with Gasteiger partial charge in [0.25, 0.3) is 0 Å². The van der Waals surface area contributed by atoms with Crippen LogP contribution < -0.4 is 5.32 Å². The van der Waals surface area contributed by atoms with Gasteiger partial charge in [-0.15, -0.1) is 11.8 Å². The van der Waals surface area contributed by atoms with Gasteiger partial charge >= 0.3 is 0 Å². The van der Waals surface area contributed by atoms with Crippen molar-refractivity contribution in [1.82, 2.24) is 0 Å². The first-order valence-electron chi connectivity index (χ1n) is 5.20. The minimum absolute atomic E-state index is 0.607. The van der Waals surface area contributed by atoms with Crippen LogP contribution in [-0.4, -0.2) is 12.3 Å². The summed E-state index contributed by atoms with van der Waals surface area (Å²) in [6.45, 7) is 4.44. The highest BCUT2D eigenvalue weighted by molar-refractivity contribution is 7.98. The molecule has 0 aromatic heterocycles. The molecule has 0 aliphatic heterocycles. The molecule has 0 spiro atoms. The van der Waals surface area contributed by atoms with Crippen molar-refractivity contribution < 1.29 is 0 Å². The number of nitrogens with one attached hydrogen (secondary N) is 1. The van der Waals surface area contributed by atoms with Gasteiger partial charge in [-0.3, -0.25) is 0 Å². The molecule has 0 atom stereocenters. The summed E-state index contributed by atoms with van der Waals surface area (Å²) >= 11 is 1.78. The van der Waals surface area contributed by atoms with Gasteiger partial charge in [0.1, 0.15) is 0 Å². The Kier molecular flexibility index (Phi) is 4.88. The lowest BCUT2D eigenvalue weighted by Crippen LogP contribution is -2.16. The molecule has 0 fully saturated rings. The van der Waals surface area contributed by atoms with Crippen LogP contribution in [0.3, 0.4) is 0 Å². The highest BCUT2D eigenvalue weighted by atomic mass is 32.2. The summed E-state index contributed by atoms with van der Waals surface area (Å²) < 4.78 is 0. The van der Waals surface area contributed by atoms with Gasteiger partial charge in [-0.25, -0.2) is 0 Å². The van der Waals surface area contributed by atoms with Crippen molar-refractivity contribution in [3.8, 4) is 0 Å². The van der Waals surface area contributed by atoms with E-state index in [0.717, 1.165) is 0 Å². The lowest BCUT2D eigenvalue weighted by atomic mass is 10.1. The second kappa shape index (κ2) is 5.97. The van der Waals surface area contributed by atoms with E-state index in [1.165, 1.54) is 23.4 Å². The summed E-state index contributed by atoms with van der Waals surface area (Å²) in [5, 5.41) is 3.52. The molecular weight excluding hydrogens is 190 g/mol. The summed E-state index contributed by atoms with van der Waals surface area (Å²) in [6, 6.07) is 9.24. The molecule has 2 heteroatoms. The number of rotatable bonds is 5. The summed E-state index contributed by atoms with van der Waals surface area (Å²) in [6.07, 6.45) is 4.46. The van der Waals surface area contributed by atoms with Crippen LogP contribution >= 0.6 is 11.8 Å². The lowest BCUT2D eigenvalue weighted by molar-refractivity contribution is 0.672. The third-order valence-electron chi connectivity index (χ3n) is 2.45. The third kappa shape index (κ3) is 3.26. The SMILES string of the molecule is CCC(CC)Nc1ccc(SC)cc1. The molecule has 14 heavy (non-hydrogen) atoms. The summed E-state index contributed by atoms with van der Waals surface area (Å²) in [5.74, 6) is 0. The van der Waals surface area contributed by atoms with Crippen molar-refractivity contribution >= 4 is 17.4 Å². The van der Waals surface area contributed by atoms with Gasteiger partial charge in [-0.2, -0.15) is 0 Å². The fourth-order valence-electron chi connectivity index (χ4n) is 1.42. The maximum Gasteiger partial charge on any atom is 0.0343 e. The molecule has 0 unspecified atom stereocenters. The second-order valence-corrected chi connectivity index (χ2v) is 4.27. The van der Waals surface area contributed by atoms with Gasteiger partial charge in [-0.1, -0.05) is 13.8 Å². The average Bonchev–Trinajstić information content (AvgIpc) is 2.26. The van der Waals surface area contributed by atoms with E-state index in [-0.39, 0.29) is 0 Å². The van der Waals surface area contributed by atoms with Crippen molar-refractivity contribution in [2.45, 2.75) is 37.6 Å². The standard InChI is InChI=1S/C12H19NS/c1-4-10(5-2)13-11-6-8-12(14-3)9-7-11/h6-10,13H,4-5H2,1-3H3. The first-order valence-corrected chi connectivity index (χ1v) is 6.43. The Morgan fingerprint density at radius 1 is 1.14 bits per heavy atom. The molecule has 1 rings (SSSR count). The minimum Gasteiger partial charge on any atom is -0.382 e. The molecule has 78 valence electrons. The quantitative estimate of drug-likeness (QED) is 0.735. The third-order valence-corrected chi connectivity index (χ3v) is 3.19. The summed E-state index contributed by atoms with van der Waals surface area (Å²) in [7, 11) is 0. The van der Waals surface area contributed by atoms with E-state index in [9.17, 15) is 0 Å². The fourth-order valence-corrected chi connectivity index (χ4v) is 1.82. The van der Waals surface area contributed by atoms with Crippen LogP contribution in [0.2, 0.25) is 0 Å². The molecule has 0 bridgehead atoms. The Bertz CT molecular complexity index is 252. The van der Waals surface area contributed by atoms with Gasteiger partial charge in [-0.05, 0) is 43.4 Å². The number of anilines is 1. The molecule has 0 heterocycles. The van der Waals surface area contributed by atoms with Gasteiger partial charge in [0.05, 0.1) is 0 Å². The van der Waals surface area contributed by atoms with Crippen LogP contribution in [0.15, 0.2) is 29.2 Å². The monoisotopic (exact) mass is 209 g/mol. The summed E-state index contributed by atoms with van der Waals surface area (Å²) in [4.78, 5) is 1.32. The van der Waals surface area contributed by atoms with Crippen molar-refractivity contribution in [3.63, 3.8) is 0 Å². The Labute approximate surface area is 91.3 Å². The van der Waals surface area contributed by atoms with Crippen LogP contribution in [0.4, 0.5) is 5.69 Å². The molecule has 0 saturated heterocycles. The maximum atomic E-state index is 3.52. The Morgan fingerprint density at radius 3 is 2.14 bits per heavy atom. The van der Waals surface area contributed by atoms with E-state index in [2.05, 4.69) is 49.7 Å². The molecule has 0 aliphatic rings. The Morgan fingerprint density at radius 2 is 1.71 bits per heavy atom. The molecule has 0 amide bonds. The highest BCUT2D eigenvalue weighted by Gasteiger charge is 2.01. The van der Waals surface area contributed by atoms with Crippen molar-refractivity contribution in [2.24, 2.45) is 0 Å². The summed E-state index contributed by atoms with van der Waals surface area (Å²) in [5.41, 5.74) is 1.23. The zero-order valence-electron chi connectivity index (χ0n) is 9.21. The molecule has 1 aromatic carbocycles. The first-order chi connectivity index (χ1) is 6.80. The van der Waals surface area contributed by atoms with Crippen molar-refractivity contribution in [3.05, 3.63) is 24.3 Å². The molecule has 0 radical (unpaired) electrons. The topological polar surface area (TPSA) is 12.0 Å². The lowest BCUT2D eigenvalue weighted by Gasteiger charge is -2.16. The van der Waals surface area contributed by atoms with Crippen LogP contribution in [0.5, 0.6) is 0 Å². The maximum absolute atomic E-state index is 3.52. The van der Waals surface area contributed by atoms with E-state index >= 15 is 0 Å². The second-order valence-electron chi connectivity index (χ2n) is 3.39. The molecule has 1 aromatic rings. The molecule has 1 N–H and O–H groups in total. The number of hydrogen-bond donors (Lipinski definition) is 1. The van der Waals surface area contributed by atoms with Crippen molar-refractivity contribution in [1.29, 1.82) is 0 Å². The molecular formula is C12H19NS. The van der Waals surface area contributed by atoms with Crippen LogP contribution in [0, 0.1) is 0 Å². The first kappa shape index (κ1) is 11.4. The van der Waals surface area contributed by atoms with E-state index in [4.69, 9.17) is 0 Å². The van der Waals surface area contributed by atoms with Gasteiger partial charge in [0, 0.05) is 16.6 Å². The molecule has 0 aliphatic carbocycles. The number of benzene rings is 1. The van der Waals surface area contributed by atoms with E-state index < -0.39 is 0 Å². The number of hydrogen-bond acceptors (Lipinski definition) is 2. The van der Waals surface area contributed by atoms with Crippen molar-refractivity contribution in [2.75, 3.05) is 11.6 Å². The van der Waals surface area contributed by atoms with E-state index in [1.54, 1.807) is 11.8 Å². The Balaban J connectivity index is 2.58. The fraction of sp³-hybridized carbons (Fsp3) is 0.500. The normalized spacial score (nSPS) is 10.6. The van der Waals surface area contributed by atoms with Crippen LogP contribution in [0.1, 0.15) is 26.7 Å². The predicted octanol–water partition coefficient (Wildman–Crippen LogP) is 4.01. The van der Waals surface area contributed by atoms with Crippen LogP contribution in [0.25, 0.3) is 0 Å². The minimum atomic E-state index is 0.607.